The fourth-order valence-corrected chi connectivity index (χ4v) is 2.40. The number of carbonyl (C=O) groups is 1. The Labute approximate surface area is 128 Å². The monoisotopic (exact) mass is 292 g/mol. The van der Waals surface area contributed by atoms with Gasteiger partial charge in [0.25, 0.3) is 0 Å². The molecule has 4 nitrogen and oxygen atoms in total. The van der Waals surface area contributed by atoms with E-state index in [4.69, 9.17) is 5.73 Å². The van der Waals surface area contributed by atoms with Gasteiger partial charge in [0.1, 0.15) is 5.54 Å². The van der Waals surface area contributed by atoms with Gasteiger partial charge in [0, 0.05) is 13.1 Å². The maximum absolute atomic E-state index is 12.7. The van der Waals surface area contributed by atoms with Crippen molar-refractivity contribution >= 4 is 5.91 Å². The van der Waals surface area contributed by atoms with Gasteiger partial charge in [-0.15, -0.1) is 0 Å². The first-order valence-electron chi connectivity index (χ1n) is 7.78. The van der Waals surface area contributed by atoms with E-state index in [1.807, 2.05) is 30.3 Å². The van der Waals surface area contributed by atoms with Gasteiger partial charge in [-0.05, 0) is 18.9 Å². The molecular formula is C17H28N2O2. The van der Waals surface area contributed by atoms with Gasteiger partial charge < -0.3 is 15.7 Å². The van der Waals surface area contributed by atoms with E-state index in [-0.39, 0.29) is 12.5 Å². The summed E-state index contributed by atoms with van der Waals surface area (Å²) < 4.78 is 0. The van der Waals surface area contributed by atoms with Gasteiger partial charge in [0.05, 0.1) is 6.61 Å². The van der Waals surface area contributed by atoms with Crippen LogP contribution in [0.1, 0.15) is 45.1 Å². The van der Waals surface area contributed by atoms with E-state index in [9.17, 15) is 9.90 Å². The van der Waals surface area contributed by atoms with Crippen LogP contribution in [0.4, 0.5) is 0 Å². The summed E-state index contributed by atoms with van der Waals surface area (Å²) in [6.45, 7) is 4.85. The van der Waals surface area contributed by atoms with Crippen LogP contribution in [0.5, 0.6) is 0 Å². The second kappa shape index (κ2) is 8.80. The highest BCUT2D eigenvalue weighted by Crippen LogP contribution is 2.20. The SMILES string of the molecule is CCCCCCN(CCO)C(=O)C(C)(N)c1ccccc1. The van der Waals surface area contributed by atoms with Crippen molar-refractivity contribution in [1.29, 1.82) is 0 Å². The molecule has 0 heterocycles. The van der Waals surface area contributed by atoms with Crippen molar-refractivity contribution in [3.63, 3.8) is 0 Å². The number of amides is 1. The highest BCUT2D eigenvalue weighted by Gasteiger charge is 2.33. The van der Waals surface area contributed by atoms with Crippen LogP contribution < -0.4 is 5.73 Å². The fraction of sp³-hybridized carbons (Fsp3) is 0.588. The molecule has 1 amide bonds. The standard InChI is InChI=1S/C17H28N2O2/c1-3-4-5-9-12-19(13-14-20)16(21)17(2,18)15-10-7-6-8-11-15/h6-8,10-11,20H,3-5,9,12-14,18H2,1-2H3. The maximum Gasteiger partial charge on any atom is 0.247 e. The number of unbranched alkanes of at least 4 members (excludes halogenated alkanes) is 3. The Morgan fingerprint density at radius 1 is 1.19 bits per heavy atom. The van der Waals surface area contributed by atoms with E-state index in [0.717, 1.165) is 24.8 Å². The van der Waals surface area contributed by atoms with E-state index < -0.39 is 5.54 Å². The third-order valence-corrected chi connectivity index (χ3v) is 3.76. The first kappa shape index (κ1) is 17.7. The van der Waals surface area contributed by atoms with Crippen molar-refractivity contribution in [3.05, 3.63) is 35.9 Å². The molecule has 1 aromatic carbocycles. The predicted molar refractivity (Wildman–Crippen MR) is 85.8 cm³/mol. The minimum absolute atomic E-state index is 0.0373. The lowest BCUT2D eigenvalue weighted by atomic mass is 9.91. The zero-order chi connectivity index (χ0) is 15.7. The molecule has 0 bridgehead atoms. The van der Waals surface area contributed by atoms with E-state index >= 15 is 0 Å². The number of aliphatic hydroxyl groups is 1. The van der Waals surface area contributed by atoms with Crippen LogP contribution in [0.2, 0.25) is 0 Å². The summed E-state index contributed by atoms with van der Waals surface area (Å²) in [6.07, 6.45) is 4.37. The van der Waals surface area contributed by atoms with Crippen molar-refractivity contribution < 1.29 is 9.90 Å². The number of aliphatic hydroxyl groups excluding tert-OH is 1. The summed E-state index contributed by atoms with van der Waals surface area (Å²) in [4.78, 5) is 14.4. The van der Waals surface area contributed by atoms with Crippen LogP contribution in [-0.4, -0.2) is 35.6 Å². The number of benzene rings is 1. The molecule has 21 heavy (non-hydrogen) atoms. The highest BCUT2D eigenvalue weighted by molar-refractivity contribution is 5.87. The quantitative estimate of drug-likeness (QED) is 0.686. The molecule has 0 saturated heterocycles. The molecule has 0 aromatic heterocycles. The Bertz CT molecular complexity index is 418. The van der Waals surface area contributed by atoms with Gasteiger partial charge in [-0.3, -0.25) is 4.79 Å². The molecule has 1 rings (SSSR count). The number of nitrogens with two attached hydrogens (primary N) is 1. The van der Waals surface area contributed by atoms with Gasteiger partial charge in [-0.1, -0.05) is 56.5 Å². The summed E-state index contributed by atoms with van der Waals surface area (Å²) in [7, 11) is 0. The number of hydrogen-bond acceptors (Lipinski definition) is 3. The molecule has 118 valence electrons. The van der Waals surface area contributed by atoms with Gasteiger partial charge in [0.2, 0.25) is 5.91 Å². The van der Waals surface area contributed by atoms with E-state index in [1.54, 1.807) is 11.8 Å². The van der Waals surface area contributed by atoms with Crippen LogP contribution in [0.3, 0.4) is 0 Å². The van der Waals surface area contributed by atoms with E-state index in [1.165, 1.54) is 6.42 Å². The van der Waals surface area contributed by atoms with Crippen LogP contribution in [0.25, 0.3) is 0 Å². The molecule has 0 fully saturated rings. The lowest BCUT2D eigenvalue weighted by molar-refractivity contribution is -0.137. The molecule has 1 aromatic rings. The largest absolute Gasteiger partial charge is 0.395 e. The van der Waals surface area contributed by atoms with Crippen molar-refractivity contribution in [2.75, 3.05) is 19.7 Å². The number of nitrogens with zero attached hydrogens (tertiary/aromatic N) is 1. The minimum Gasteiger partial charge on any atom is -0.395 e. The van der Waals surface area contributed by atoms with E-state index in [0.29, 0.717) is 13.1 Å². The lowest BCUT2D eigenvalue weighted by Gasteiger charge is -2.32. The summed E-state index contributed by atoms with van der Waals surface area (Å²) >= 11 is 0. The zero-order valence-electron chi connectivity index (χ0n) is 13.2. The Balaban J connectivity index is 2.74. The summed E-state index contributed by atoms with van der Waals surface area (Å²) in [5, 5.41) is 9.19. The predicted octanol–water partition coefficient (Wildman–Crippen LogP) is 2.26. The van der Waals surface area contributed by atoms with E-state index in [2.05, 4.69) is 6.92 Å². The highest BCUT2D eigenvalue weighted by atomic mass is 16.3. The first-order valence-corrected chi connectivity index (χ1v) is 7.78. The van der Waals surface area contributed by atoms with Gasteiger partial charge in [-0.2, -0.15) is 0 Å². The van der Waals surface area contributed by atoms with Crippen molar-refractivity contribution in [1.82, 2.24) is 4.90 Å². The topological polar surface area (TPSA) is 66.6 Å². The fourth-order valence-electron chi connectivity index (χ4n) is 2.40. The second-order valence-electron chi connectivity index (χ2n) is 5.64. The minimum atomic E-state index is -1.05. The van der Waals surface area contributed by atoms with Crippen molar-refractivity contribution in [3.8, 4) is 0 Å². The Kier molecular flexibility index (Phi) is 7.40. The molecule has 0 aliphatic carbocycles. The number of rotatable bonds is 9. The van der Waals surface area contributed by atoms with Gasteiger partial charge in [0.15, 0.2) is 0 Å². The van der Waals surface area contributed by atoms with Gasteiger partial charge in [-0.25, -0.2) is 0 Å². The van der Waals surface area contributed by atoms with Crippen LogP contribution in [0, 0.1) is 0 Å². The van der Waals surface area contributed by atoms with Gasteiger partial charge >= 0.3 is 0 Å². The Morgan fingerprint density at radius 3 is 2.43 bits per heavy atom. The molecule has 1 atom stereocenters. The third-order valence-electron chi connectivity index (χ3n) is 3.76. The molecule has 0 aliphatic heterocycles. The van der Waals surface area contributed by atoms with Crippen LogP contribution >= 0.6 is 0 Å². The third kappa shape index (κ3) is 5.14. The lowest BCUT2D eigenvalue weighted by Crippen LogP contribution is -2.51. The molecule has 0 spiro atoms. The Hall–Kier alpha value is -1.39. The van der Waals surface area contributed by atoms with Crippen molar-refractivity contribution in [2.45, 2.75) is 45.1 Å². The normalized spacial score (nSPS) is 13.7. The first-order chi connectivity index (χ1) is 10.0. The van der Waals surface area contributed by atoms with Crippen LogP contribution in [0.15, 0.2) is 30.3 Å². The molecule has 0 radical (unpaired) electrons. The summed E-state index contributed by atoms with van der Waals surface area (Å²) in [5.74, 6) is -0.126. The molecule has 4 heteroatoms. The number of carbonyl (C=O) groups excluding carboxylic acids is 1. The zero-order valence-corrected chi connectivity index (χ0v) is 13.2. The summed E-state index contributed by atoms with van der Waals surface area (Å²) in [5.41, 5.74) is 6.01. The van der Waals surface area contributed by atoms with Crippen LogP contribution in [-0.2, 0) is 10.3 Å². The average molecular weight is 292 g/mol. The smallest absolute Gasteiger partial charge is 0.247 e. The maximum atomic E-state index is 12.7. The average Bonchev–Trinajstić information content (AvgIpc) is 2.50. The Morgan fingerprint density at radius 2 is 1.86 bits per heavy atom. The molecule has 0 saturated carbocycles. The number of hydrogen-bond donors (Lipinski definition) is 2. The summed E-state index contributed by atoms with van der Waals surface area (Å²) in [6, 6.07) is 9.40. The van der Waals surface area contributed by atoms with Crippen molar-refractivity contribution in [2.24, 2.45) is 5.73 Å². The second-order valence-corrected chi connectivity index (χ2v) is 5.64. The molecular weight excluding hydrogens is 264 g/mol. The molecule has 0 aliphatic rings. The molecule has 1 unspecified atom stereocenters. The molecule has 3 N–H and O–H groups in total.